The maximum Gasteiger partial charge on any atom is 0.410 e. The lowest BCUT2D eigenvalue weighted by atomic mass is 9.72. The zero-order valence-electron chi connectivity index (χ0n) is 37.8. The minimum atomic E-state index is -1.14. The van der Waals surface area contributed by atoms with Gasteiger partial charge in [0.05, 0.1) is 61.1 Å². The van der Waals surface area contributed by atoms with Gasteiger partial charge in [0.2, 0.25) is 0 Å². The first-order valence-electron chi connectivity index (χ1n) is 22.1. The number of hydrogen-bond donors (Lipinski definition) is 1. The van der Waals surface area contributed by atoms with E-state index in [0.29, 0.717) is 38.1 Å². The van der Waals surface area contributed by atoms with Gasteiger partial charge < -0.3 is 43.3 Å². The van der Waals surface area contributed by atoms with Crippen LogP contribution in [0.15, 0.2) is 40.5 Å². The molecule has 1 N–H and O–H groups in total. The number of aromatic nitrogens is 1. The number of likely N-dealkylation sites (N-methyl/N-ethyl adjacent to an activating group) is 1. The summed E-state index contributed by atoms with van der Waals surface area (Å²) in [4.78, 5) is 47.8. The first kappa shape index (κ1) is 45.3. The molecule has 1 aromatic heterocycles. The Hall–Kier alpha value is -3.73. The van der Waals surface area contributed by atoms with Crippen LogP contribution in [0.25, 0.3) is 10.9 Å². The number of aliphatic hydroxyl groups is 1. The lowest BCUT2D eigenvalue weighted by Crippen LogP contribution is -2.60. The highest BCUT2D eigenvalue weighted by molar-refractivity contribution is 5.91. The van der Waals surface area contributed by atoms with E-state index < -0.39 is 71.8 Å². The second-order valence-corrected chi connectivity index (χ2v) is 18.7. The molecule has 15 nitrogen and oxygen atoms in total. The number of aliphatic hydroxyl groups excluding tert-OH is 1. The van der Waals surface area contributed by atoms with Gasteiger partial charge in [0, 0.05) is 46.8 Å². The van der Waals surface area contributed by atoms with Crippen molar-refractivity contribution in [3.05, 3.63) is 41.6 Å². The fourth-order valence-electron chi connectivity index (χ4n) is 10.9. The van der Waals surface area contributed by atoms with Gasteiger partial charge in [-0.15, -0.1) is 0 Å². The molecule has 5 aliphatic rings. The van der Waals surface area contributed by atoms with Crippen molar-refractivity contribution >= 4 is 34.4 Å². The number of ether oxygens (including phenoxy) is 6. The van der Waals surface area contributed by atoms with Crippen LogP contribution in [0.4, 0.5) is 4.79 Å². The van der Waals surface area contributed by atoms with Crippen molar-refractivity contribution in [1.82, 2.24) is 14.8 Å². The molecule has 1 amide bonds. The zero-order valence-corrected chi connectivity index (χ0v) is 37.8. The summed E-state index contributed by atoms with van der Waals surface area (Å²) in [6.45, 7) is 18.8. The van der Waals surface area contributed by atoms with E-state index in [1.165, 1.54) is 0 Å². The first-order valence-corrected chi connectivity index (χ1v) is 22.1. The predicted molar refractivity (Wildman–Crippen MR) is 229 cm³/mol. The Morgan fingerprint density at radius 1 is 1.07 bits per heavy atom. The molecule has 7 rings (SSSR count). The number of benzene rings is 1. The number of fused-ring (bicyclic) bond motifs is 5. The molecule has 0 spiro atoms. The maximum atomic E-state index is 14.6. The highest BCUT2D eigenvalue weighted by atomic mass is 16.7. The zero-order chi connectivity index (χ0) is 44.0. The van der Waals surface area contributed by atoms with Gasteiger partial charge in [-0.1, -0.05) is 51.0 Å². The number of hydrogen-bond acceptors (Lipinski definition) is 14. The third-order valence-electron chi connectivity index (χ3n) is 13.9. The van der Waals surface area contributed by atoms with E-state index in [9.17, 15) is 14.7 Å². The van der Waals surface area contributed by atoms with Gasteiger partial charge in [-0.05, 0) is 86.0 Å². The minimum Gasteiger partial charge on any atom is -0.458 e. The van der Waals surface area contributed by atoms with E-state index in [4.69, 9.17) is 38.3 Å². The summed E-state index contributed by atoms with van der Waals surface area (Å²) in [5.41, 5.74) is 1.86. The average molecular weight is 850 g/mol. The third kappa shape index (κ3) is 8.92. The van der Waals surface area contributed by atoms with E-state index in [-0.39, 0.29) is 43.8 Å². The van der Waals surface area contributed by atoms with Crippen molar-refractivity contribution in [1.29, 1.82) is 0 Å². The fourth-order valence-corrected chi connectivity index (χ4v) is 10.9. The number of aliphatic imine (C=N–C) groups is 1. The van der Waals surface area contributed by atoms with Crippen molar-refractivity contribution < 1.29 is 48.0 Å². The van der Waals surface area contributed by atoms with Gasteiger partial charge in [-0.3, -0.25) is 19.7 Å². The number of amides is 1. The number of aryl methyl sites for hydroxylation is 1. The van der Waals surface area contributed by atoms with Gasteiger partial charge in [0.15, 0.2) is 11.9 Å². The van der Waals surface area contributed by atoms with E-state index >= 15 is 0 Å². The number of esters is 1. The Kier molecular flexibility index (Phi) is 13.5. The third-order valence-corrected chi connectivity index (χ3v) is 13.9. The SMILES string of the molecule is CC[C@H]1OC(=O)[C@@H](C)[C@H]2OCC(=NOCc3cc(C)nc4ccccc34)CO[C@](C)(C[C@@H](C)C3=NCCN4C(=O)O[C@@]1(C)[C@H]4[C@H]3C)[C@H](O[C@H]1O[C@@H](C)C[C@@H](N(C)C)[C@@H]1O)[C@H]2C. The lowest BCUT2D eigenvalue weighted by Gasteiger charge is -2.48. The van der Waals surface area contributed by atoms with Crippen molar-refractivity contribution in [2.45, 2.75) is 148 Å². The summed E-state index contributed by atoms with van der Waals surface area (Å²) in [5.74, 6) is -2.26. The van der Waals surface area contributed by atoms with Crippen LogP contribution >= 0.6 is 0 Å². The summed E-state index contributed by atoms with van der Waals surface area (Å²) in [6, 6.07) is 9.27. The summed E-state index contributed by atoms with van der Waals surface area (Å²) in [7, 11) is 3.88. The molecule has 0 aliphatic carbocycles. The Morgan fingerprint density at radius 2 is 1.82 bits per heavy atom. The van der Waals surface area contributed by atoms with Crippen molar-refractivity contribution in [3.63, 3.8) is 0 Å². The topological polar surface area (TPSA) is 163 Å². The summed E-state index contributed by atoms with van der Waals surface area (Å²) < 4.78 is 40.0. The summed E-state index contributed by atoms with van der Waals surface area (Å²) in [6.07, 6.45) is -3.45. The molecule has 4 saturated heterocycles. The van der Waals surface area contributed by atoms with Gasteiger partial charge >= 0.3 is 12.1 Å². The monoisotopic (exact) mass is 849 g/mol. The van der Waals surface area contributed by atoms with Crippen LogP contribution in [0.1, 0.15) is 85.9 Å². The smallest absolute Gasteiger partial charge is 0.410 e. The number of carbonyl (C=O) groups is 2. The van der Waals surface area contributed by atoms with Crippen LogP contribution < -0.4 is 0 Å². The van der Waals surface area contributed by atoms with Crippen molar-refractivity contribution in [3.8, 4) is 0 Å². The predicted octanol–water partition coefficient (Wildman–Crippen LogP) is 5.71. The molecule has 336 valence electrons. The highest BCUT2D eigenvalue weighted by Crippen LogP contribution is 2.45. The maximum absolute atomic E-state index is 14.6. The average Bonchev–Trinajstić information content (AvgIpc) is 3.36. The van der Waals surface area contributed by atoms with Gasteiger partial charge in [0.25, 0.3) is 0 Å². The summed E-state index contributed by atoms with van der Waals surface area (Å²) in [5, 5.41) is 17.4. The van der Waals surface area contributed by atoms with Crippen LogP contribution in [-0.4, -0.2) is 144 Å². The normalized spacial score (nSPS) is 39.5. The number of para-hydroxylation sites is 1. The second kappa shape index (κ2) is 18.2. The molecule has 4 fully saturated rings. The molecule has 0 unspecified atom stereocenters. The van der Waals surface area contributed by atoms with Gasteiger partial charge in [0.1, 0.15) is 24.5 Å². The Labute approximate surface area is 360 Å². The molecule has 1 aromatic carbocycles. The molecule has 61 heavy (non-hydrogen) atoms. The molecule has 0 saturated carbocycles. The standard InChI is InChI=1S/C46H67N5O10/c1-12-36-46(9)40-28(5)37(47-17-18-51(40)44(54)61-46)25(2)21-45(8)41(60-43-38(52)35(50(10)11)20-27(4)58-43)29(6)39(30(7)42(53)59-36)55-23-32(24-56-45)49-57-22-31-19-26(3)48-34-16-14-13-15-33(31)34/h13-16,19,25,27-30,35-36,38-41,43,52H,12,17-18,20-24H2,1-11H3/t25-,27+,28+,29+,30+,35-,36-,38+,39+,40-,41-,43-,45-,46-/m1/s1. The number of carbonyl (C=O) groups excluding carboxylic acids is 2. The highest BCUT2D eigenvalue weighted by Gasteiger charge is 2.60. The van der Waals surface area contributed by atoms with Crippen molar-refractivity contribution in [2.24, 2.45) is 33.8 Å². The van der Waals surface area contributed by atoms with E-state index in [0.717, 1.165) is 27.9 Å². The molecule has 14 atom stereocenters. The largest absolute Gasteiger partial charge is 0.458 e. The van der Waals surface area contributed by atoms with Crippen LogP contribution in [0.2, 0.25) is 0 Å². The van der Waals surface area contributed by atoms with Gasteiger partial charge in [-0.25, -0.2) is 4.79 Å². The van der Waals surface area contributed by atoms with Crippen LogP contribution in [-0.2, 0) is 44.7 Å². The van der Waals surface area contributed by atoms with E-state index in [1.807, 2.05) is 90.9 Å². The van der Waals surface area contributed by atoms with Crippen LogP contribution in [0.3, 0.4) is 0 Å². The van der Waals surface area contributed by atoms with Crippen LogP contribution in [0.5, 0.6) is 0 Å². The van der Waals surface area contributed by atoms with E-state index in [2.05, 4.69) is 24.0 Å². The van der Waals surface area contributed by atoms with Crippen molar-refractivity contribution in [2.75, 3.05) is 40.4 Å². The lowest BCUT2D eigenvalue weighted by molar-refractivity contribution is -0.302. The number of rotatable bonds is 7. The van der Waals surface area contributed by atoms with E-state index in [1.54, 1.807) is 11.8 Å². The molecule has 6 heterocycles. The quantitative estimate of drug-likeness (QED) is 0.268. The second-order valence-electron chi connectivity index (χ2n) is 18.7. The van der Waals surface area contributed by atoms with Gasteiger partial charge in [-0.2, -0.15) is 0 Å². The summed E-state index contributed by atoms with van der Waals surface area (Å²) >= 11 is 0. The molecule has 4 bridgehead atoms. The molecule has 15 heteroatoms. The Bertz CT molecular complexity index is 1980. The number of oxime groups is 1. The first-order chi connectivity index (χ1) is 28.9. The number of nitrogens with zero attached hydrogens (tertiary/aromatic N) is 5. The fraction of sp³-hybridized carbons (Fsp3) is 0.717. The van der Waals surface area contributed by atoms with Crippen LogP contribution in [0, 0.1) is 30.6 Å². The molecule has 5 aliphatic heterocycles. The Balaban J connectivity index is 1.31. The molecular formula is C46H67N5O10. The molecular weight excluding hydrogens is 783 g/mol. The molecule has 0 radical (unpaired) electrons. The minimum absolute atomic E-state index is 0.00327. The Morgan fingerprint density at radius 3 is 2.56 bits per heavy atom. The number of cyclic esters (lactones) is 1. The number of pyridine rings is 1. The molecule has 2 aromatic rings.